The third-order valence-corrected chi connectivity index (χ3v) is 5.94. The molecule has 0 aromatic heterocycles. The van der Waals surface area contributed by atoms with Gasteiger partial charge in [0.15, 0.2) is 0 Å². The van der Waals surface area contributed by atoms with Crippen molar-refractivity contribution in [3.05, 3.63) is 144 Å². The zero-order chi connectivity index (χ0) is 26.5. The van der Waals surface area contributed by atoms with E-state index in [1.165, 1.54) is 0 Å². The fraction of sp³-hybridized carbons (Fsp3) is 0. The van der Waals surface area contributed by atoms with Crippen LogP contribution >= 0.6 is 0 Å². The minimum Gasteiger partial charge on any atom is -0.386 e. The molecule has 0 atom stereocenters. The lowest BCUT2D eigenvalue weighted by molar-refractivity contribution is -0.151. The average Bonchev–Trinajstić information content (AvgIpc) is 3.43. The van der Waals surface area contributed by atoms with Crippen LogP contribution in [0.2, 0.25) is 0 Å². The quantitative estimate of drug-likeness (QED) is 0.277. The summed E-state index contributed by atoms with van der Waals surface area (Å²) in [6.45, 7) is 0. The van der Waals surface area contributed by atoms with Crippen LogP contribution in [0.15, 0.2) is 121 Å². The largest absolute Gasteiger partial charge is 0.386 e. The summed E-state index contributed by atoms with van der Waals surface area (Å²) in [5.41, 5.74) is 4.09. The summed E-state index contributed by atoms with van der Waals surface area (Å²) in [5.74, 6) is -2.35. The summed E-state index contributed by atoms with van der Waals surface area (Å²) in [6.07, 6.45) is 0. The normalized spacial score (nSPS) is 14.7. The van der Waals surface area contributed by atoms with Gasteiger partial charge in [-0.2, -0.15) is 0 Å². The molecule has 0 fully saturated rings. The number of hydrogen-bond acceptors (Lipinski definition) is 6. The highest BCUT2D eigenvalue weighted by Gasteiger charge is 2.35. The highest BCUT2D eigenvalue weighted by molar-refractivity contribution is 6.45. The molecular weight excluding hydrogens is 480 g/mol. The maximum atomic E-state index is 11.9. The van der Waals surface area contributed by atoms with E-state index in [1.54, 1.807) is 48.5 Å². The number of rotatable bonds is 4. The lowest BCUT2D eigenvalue weighted by Crippen LogP contribution is -2.01. The second-order valence-electron chi connectivity index (χ2n) is 8.32. The molecule has 6 heteroatoms. The smallest absolute Gasteiger partial charge is 0.347 e. The van der Waals surface area contributed by atoms with Gasteiger partial charge < -0.3 is 9.47 Å². The zero-order valence-electron chi connectivity index (χ0n) is 20.0. The summed E-state index contributed by atoms with van der Waals surface area (Å²) < 4.78 is 9.49. The van der Waals surface area contributed by atoms with Gasteiger partial charge >= 0.3 is 23.9 Å². The lowest BCUT2D eigenvalue weighted by Gasteiger charge is -2.02. The molecule has 4 aromatic rings. The molecule has 6 nitrogen and oxygen atoms in total. The van der Waals surface area contributed by atoms with Crippen LogP contribution < -0.4 is 0 Å². The lowest BCUT2D eigenvalue weighted by atomic mass is 9.96. The summed E-state index contributed by atoms with van der Waals surface area (Å²) in [6, 6.07) is 36.3. The predicted molar refractivity (Wildman–Crippen MR) is 142 cm³/mol. The van der Waals surface area contributed by atoms with Crippen LogP contribution in [0.4, 0.5) is 0 Å². The maximum absolute atomic E-state index is 11.9. The Kier molecular flexibility index (Phi) is 6.87. The van der Waals surface area contributed by atoms with Crippen molar-refractivity contribution in [1.29, 1.82) is 0 Å². The minimum absolute atomic E-state index is 0.330. The summed E-state index contributed by atoms with van der Waals surface area (Å²) in [5, 5.41) is 0. The molecule has 0 bridgehead atoms. The molecule has 2 aliphatic rings. The molecule has 0 aliphatic carbocycles. The molecule has 0 N–H and O–H groups in total. The molecule has 0 unspecified atom stereocenters. The van der Waals surface area contributed by atoms with Crippen molar-refractivity contribution in [3.8, 4) is 0 Å². The van der Waals surface area contributed by atoms with Crippen molar-refractivity contribution in [2.75, 3.05) is 0 Å². The van der Waals surface area contributed by atoms with Crippen molar-refractivity contribution in [3.63, 3.8) is 0 Å². The van der Waals surface area contributed by atoms with Crippen LogP contribution in [-0.2, 0) is 28.7 Å². The number of hydrogen-bond donors (Lipinski definition) is 0. The monoisotopic (exact) mass is 500 g/mol. The van der Waals surface area contributed by atoms with Crippen LogP contribution in [0.5, 0.6) is 0 Å². The van der Waals surface area contributed by atoms with E-state index in [0.29, 0.717) is 44.5 Å². The van der Waals surface area contributed by atoms with Crippen LogP contribution in [0.25, 0.3) is 22.3 Å². The predicted octanol–water partition coefficient (Wildman–Crippen LogP) is 5.36. The van der Waals surface area contributed by atoms with E-state index in [9.17, 15) is 19.2 Å². The Morgan fingerprint density at radius 1 is 0.289 bits per heavy atom. The van der Waals surface area contributed by atoms with Gasteiger partial charge in [0.25, 0.3) is 0 Å². The van der Waals surface area contributed by atoms with E-state index < -0.39 is 23.9 Å². The molecule has 2 heterocycles. The Balaban J connectivity index is 0.000000155. The van der Waals surface area contributed by atoms with Gasteiger partial charge in [0.1, 0.15) is 0 Å². The van der Waals surface area contributed by atoms with Crippen LogP contribution in [0, 0.1) is 0 Å². The van der Waals surface area contributed by atoms with E-state index in [4.69, 9.17) is 9.47 Å². The van der Waals surface area contributed by atoms with Gasteiger partial charge in [-0.15, -0.1) is 0 Å². The molecule has 6 rings (SSSR count). The molecule has 0 saturated heterocycles. The van der Waals surface area contributed by atoms with E-state index in [1.807, 2.05) is 72.8 Å². The third kappa shape index (κ3) is 4.83. The topological polar surface area (TPSA) is 86.7 Å². The second-order valence-corrected chi connectivity index (χ2v) is 8.32. The first-order valence-corrected chi connectivity index (χ1v) is 11.8. The Morgan fingerprint density at radius 3 is 0.658 bits per heavy atom. The first-order chi connectivity index (χ1) is 18.5. The molecule has 0 radical (unpaired) electrons. The van der Waals surface area contributed by atoms with E-state index in [2.05, 4.69) is 0 Å². The Bertz CT molecular complexity index is 1340. The molecule has 2 aliphatic heterocycles. The van der Waals surface area contributed by atoms with Crippen molar-refractivity contribution >= 4 is 46.2 Å². The SMILES string of the molecule is O=C1OC(=O)C(c2ccccc2)=C1c1ccccc1.O=C1OC(=O)C(c2ccccc2)=C1c1ccccc1. The van der Waals surface area contributed by atoms with Crippen molar-refractivity contribution in [2.24, 2.45) is 0 Å². The first-order valence-electron chi connectivity index (χ1n) is 11.8. The second kappa shape index (κ2) is 10.7. The van der Waals surface area contributed by atoms with Gasteiger partial charge in [0.05, 0.1) is 22.3 Å². The van der Waals surface area contributed by atoms with E-state index in [0.717, 1.165) is 0 Å². The fourth-order valence-corrected chi connectivity index (χ4v) is 4.25. The van der Waals surface area contributed by atoms with Crippen LogP contribution in [0.3, 0.4) is 0 Å². The van der Waals surface area contributed by atoms with Gasteiger partial charge in [-0.05, 0) is 22.3 Å². The highest BCUT2D eigenvalue weighted by atomic mass is 16.6. The number of carbonyl (C=O) groups is 4. The number of ether oxygens (including phenoxy) is 2. The Labute approximate surface area is 218 Å². The van der Waals surface area contributed by atoms with Crippen LogP contribution in [-0.4, -0.2) is 23.9 Å². The number of benzene rings is 4. The summed E-state index contributed by atoms with van der Waals surface area (Å²) >= 11 is 0. The highest BCUT2D eigenvalue weighted by Crippen LogP contribution is 2.34. The molecule has 4 aromatic carbocycles. The molecule has 184 valence electrons. The third-order valence-electron chi connectivity index (χ3n) is 5.94. The van der Waals surface area contributed by atoms with Gasteiger partial charge in [-0.1, -0.05) is 121 Å². The van der Waals surface area contributed by atoms with E-state index in [-0.39, 0.29) is 0 Å². The van der Waals surface area contributed by atoms with Gasteiger partial charge in [-0.25, -0.2) is 19.2 Å². The number of carbonyl (C=O) groups excluding carboxylic acids is 4. The van der Waals surface area contributed by atoms with Gasteiger partial charge in [0, 0.05) is 0 Å². The first kappa shape index (κ1) is 24.3. The fourth-order valence-electron chi connectivity index (χ4n) is 4.25. The van der Waals surface area contributed by atoms with Gasteiger partial charge in [0.2, 0.25) is 0 Å². The number of esters is 4. The zero-order valence-corrected chi connectivity index (χ0v) is 20.0. The van der Waals surface area contributed by atoms with Crippen molar-refractivity contribution in [1.82, 2.24) is 0 Å². The van der Waals surface area contributed by atoms with Crippen molar-refractivity contribution in [2.45, 2.75) is 0 Å². The van der Waals surface area contributed by atoms with Crippen LogP contribution in [0.1, 0.15) is 22.3 Å². The number of cyclic esters (lactones) is 4. The maximum Gasteiger partial charge on any atom is 0.347 e. The Hall–Kier alpha value is -5.36. The summed E-state index contributed by atoms with van der Waals surface area (Å²) in [4.78, 5) is 47.5. The van der Waals surface area contributed by atoms with E-state index >= 15 is 0 Å². The molecule has 0 amide bonds. The summed E-state index contributed by atoms with van der Waals surface area (Å²) in [7, 11) is 0. The minimum atomic E-state index is -0.588. The van der Waals surface area contributed by atoms with Crippen molar-refractivity contribution < 1.29 is 28.7 Å². The molecule has 0 spiro atoms. The standard InChI is InChI=1S/2C16H10O3/c2*17-15-13(11-7-3-1-4-8-11)14(16(18)19-15)12-9-5-2-6-10-12/h2*1-10H. The Morgan fingerprint density at radius 2 is 0.474 bits per heavy atom. The molecule has 0 saturated carbocycles. The molecule has 38 heavy (non-hydrogen) atoms. The molecular formula is C32H20O6. The van der Waals surface area contributed by atoms with Gasteiger partial charge in [-0.3, -0.25) is 0 Å². The average molecular weight is 501 g/mol.